The second-order valence-corrected chi connectivity index (χ2v) is 9.22. The molecule has 0 bridgehead atoms. The molecule has 0 radical (unpaired) electrons. The first-order chi connectivity index (χ1) is 13.0. The summed E-state index contributed by atoms with van der Waals surface area (Å²) in [6.07, 6.45) is 1.67. The van der Waals surface area contributed by atoms with Gasteiger partial charge in [-0.3, -0.25) is 4.79 Å². The molecule has 5 nitrogen and oxygen atoms in total. The molecular weight excluding hydrogens is 388 g/mol. The molecule has 0 spiro atoms. The van der Waals surface area contributed by atoms with Crippen LogP contribution >= 0.6 is 0 Å². The van der Waals surface area contributed by atoms with Gasteiger partial charge in [-0.05, 0) is 53.9 Å². The maximum Gasteiger partial charge on any atom is 0.270 e. The number of ether oxygens (including phenoxy) is 1. The lowest BCUT2D eigenvalue weighted by molar-refractivity contribution is -0.129. The highest BCUT2D eigenvalue weighted by atomic mass is 32.2. The van der Waals surface area contributed by atoms with Crippen LogP contribution in [0.15, 0.2) is 42.5 Å². The van der Waals surface area contributed by atoms with E-state index in [0.29, 0.717) is 31.0 Å². The number of carbonyl (C=O) groups is 1. The van der Waals surface area contributed by atoms with Gasteiger partial charge in [0.2, 0.25) is 5.91 Å². The van der Waals surface area contributed by atoms with Crippen LogP contribution in [-0.2, 0) is 33.5 Å². The van der Waals surface area contributed by atoms with E-state index in [4.69, 9.17) is 4.74 Å². The van der Waals surface area contributed by atoms with Crippen molar-refractivity contribution < 1.29 is 26.7 Å². The smallest absolute Gasteiger partial charge is 0.270 e. The number of alkyl halides is 2. The minimum absolute atomic E-state index is 0.0923. The van der Waals surface area contributed by atoms with Crippen LogP contribution in [-0.4, -0.2) is 37.8 Å². The Balaban J connectivity index is 1.73. The Morgan fingerprint density at radius 3 is 2.36 bits per heavy atom. The van der Waals surface area contributed by atoms with Crippen LogP contribution in [0.3, 0.4) is 0 Å². The molecule has 0 unspecified atom stereocenters. The zero-order chi connectivity index (χ0) is 20.5. The molecule has 0 fully saturated rings. The normalized spacial score (nSPS) is 14.5. The molecule has 1 aliphatic rings. The Morgan fingerprint density at radius 2 is 1.75 bits per heavy atom. The van der Waals surface area contributed by atoms with Crippen molar-refractivity contribution in [1.29, 1.82) is 0 Å². The molecule has 1 heterocycles. The summed E-state index contributed by atoms with van der Waals surface area (Å²) in [6.45, 7) is 1.61. The maximum absolute atomic E-state index is 13.3. The Labute approximate surface area is 162 Å². The van der Waals surface area contributed by atoms with Gasteiger partial charge in [0.05, 0.1) is 0 Å². The monoisotopic (exact) mass is 409 g/mol. The van der Waals surface area contributed by atoms with Gasteiger partial charge in [-0.25, -0.2) is 17.2 Å². The van der Waals surface area contributed by atoms with Crippen molar-refractivity contribution in [2.45, 2.75) is 25.8 Å². The second-order valence-electron chi connectivity index (χ2n) is 7.08. The van der Waals surface area contributed by atoms with Gasteiger partial charge >= 0.3 is 0 Å². The van der Waals surface area contributed by atoms with Crippen molar-refractivity contribution in [3.8, 4) is 11.5 Å². The lowest BCUT2D eigenvalue weighted by atomic mass is 9.99. The van der Waals surface area contributed by atoms with Crippen molar-refractivity contribution in [3.63, 3.8) is 0 Å². The zero-order valence-electron chi connectivity index (χ0n) is 15.6. The fraction of sp³-hybridized carbons (Fsp3) is 0.350. The first kappa shape index (κ1) is 20.3. The van der Waals surface area contributed by atoms with Crippen LogP contribution in [0.5, 0.6) is 11.5 Å². The molecule has 1 amide bonds. The minimum Gasteiger partial charge on any atom is -0.457 e. The van der Waals surface area contributed by atoms with E-state index in [1.807, 2.05) is 6.07 Å². The molecule has 0 saturated heterocycles. The highest BCUT2D eigenvalue weighted by Crippen LogP contribution is 2.31. The maximum atomic E-state index is 13.3. The van der Waals surface area contributed by atoms with Gasteiger partial charge in [0.1, 0.15) is 17.3 Å². The van der Waals surface area contributed by atoms with Crippen molar-refractivity contribution in [3.05, 3.63) is 59.2 Å². The van der Waals surface area contributed by atoms with Gasteiger partial charge in [-0.2, -0.15) is 0 Å². The third-order valence-electron chi connectivity index (χ3n) is 4.53. The van der Waals surface area contributed by atoms with E-state index in [1.54, 1.807) is 12.1 Å². The molecule has 3 rings (SSSR count). The van der Waals surface area contributed by atoms with E-state index in [0.717, 1.165) is 24.3 Å². The second kappa shape index (κ2) is 7.50. The Morgan fingerprint density at radius 1 is 1.11 bits per heavy atom. The molecule has 0 atom stereocenters. The standard InChI is InChI=1S/C20H21F2NO4S/c1-20(21,22)16-4-7-17(8-5-16)27-18-6-3-14-9-10-23(12-15(14)11-18)19(24)13-28(2,25)26/h3-8,11H,9-10,12-13H2,1-2H3. The van der Waals surface area contributed by atoms with E-state index in [9.17, 15) is 22.0 Å². The van der Waals surface area contributed by atoms with Crippen LogP contribution < -0.4 is 4.74 Å². The summed E-state index contributed by atoms with van der Waals surface area (Å²) < 4.78 is 55.1. The van der Waals surface area contributed by atoms with Crippen LogP contribution in [0.4, 0.5) is 8.78 Å². The van der Waals surface area contributed by atoms with Gasteiger partial charge in [0.25, 0.3) is 5.92 Å². The quantitative estimate of drug-likeness (QED) is 0.758. The van der Waals surface area contributed by atoms with Crippen LogP contribution in [0.1, 0.15) is 23.6 Å². The van der Waals surface area contributed by atoms with Crippen LogP contribution in [0, 0.1) is 0 Å². The molecule has 0 aromatic heterocycles. The number of carbonyl (C=O) groups excluding carboxylic acids is 1. The van der Waals surface area contributed by atoms with Crippen molar-refractivity contribution >= 4 is 15.7 Å². The summed E-state index contributed by atoms with van der Waals surface area (Å²) in [7, 11) is -3.38. The number of rotatable bonds is 5. The number of amides is 1. The van der Waals surface area contributed by atoms with Crippen LogP contribution in [0.25, 0.3) is 0 Å². The Hall–Kier alpha value is -2.48. The molecule has 150 valence electrons. The molecule has 2 aromatic rings. The summed E-state index contributed by atoms with van der Waals surface area (Å²) in [4.78, 5) is 13.7. The van der Waals surface area contributed by atoms with E-state index in [-0.39, 0.29) is 5.56 Å². The average Bonchev–Trinajstić information content (AvgIpc) is 2.59. The summed E-state index contributed by atoms with van der Waals surface area (Å²) in [5.41, 5.74) is 1.85. The predicted octanol–water partition coefficient (Wildman–Crippen LogP) is 3.52. The number of sulfone groups is 1. The molecule has 28 heavy (non-hydrogen) atoms. The van der Waals surface area contributed by atoms with Gasteiger partial charge in [-0.15, -0.1) is 0 Å². The van der Waals surface area contributed by atoms with Gasteiger partial charge in [0, 0.05) is 31.8 Å². The zero-order valence-corrected chi connectivity index (χ0v) is 16.4. The van der Waals surface area contributed by atoms with Gasteiger partial charge < -0.3 is 9.64 Å². The predicted molar refractivity (Wildman–Crippen MR) is 101 cm³/mol. The Bertz CT molecular complexity index is 982. The number of fused-ring (bicyclic) bond motifs is 1. The third-order valence-corrected chi connectivity index (χ3v) is 5.30. The molecular formula is C20H21F2NO4S. The fourth-order valence-corrected chi connectivity index (χ4v) is 3.71. The van der Waals surface area contributed by atoms with E-state index < -0.39 is 27.4 Å². The number of hydrogen-bond donors (Lipinski definition) is 0. The summed E-state index contributed by atoms with van der Waals surface area (Å²) >= 11 is 0. The number of halogens is 2. The SMILES string of the molecule is CC(F)(F)c1ccc(Oc2ccc3c(c2)CN(C(=O)CS(C)(=O)=O)CC3)cc1. The molecule has 1 aliphatic heterocycles. The first-order valence-electron chi connectivity index (χ1n) is 8.75. The topological polar surface area (TPSA) is 63.7 Å². The first-order valence-corrected chi connectivity index (χ1v) is 10.8. The molecule has 0 saturated carbocycles. The number of nitrogens with zero attached hydrogens (tertiary/aromatic N) is 1. The molecule has 8 heteroatoms. The number of hydrogen-bond acceptors (Lipinski definition) is 4. The fourth-order valence-electron chi connectivity index (χ4n) is 3.08. The highest BCUT2D eigenvalue weighted by Gasteiger charge is 2.25. The minimum atomic E-state index is -3.38. The molecule has 2 aromatic carbocycles. The lowest BCUT2D eigenvalue weighted by Gasteiger charge is -2.29. The van der Waals surface area contributed by atoms with Crippen molar-refractivity contribution in [1.82, 2.24) is 4.90 Å². The molecule has 0 N–H and O–H groups in total. The van der Waals surface area contributed by atoms with E-state index >= 15 is 0 Å². The summed E-state index contributed by atoms with van der Waals surface area (Å²) in [5.74, 6) is -2.89. The lowest BCUT2D eigenvalue weighted by Crippen LogP contribution is -2.39. The van der Waals surface area contributed by atoms with Crippen molar-refractivity contribution in [2.75, 3.05) is 18.6 Å². The summed E-state index contributed by atoms with van der Waals surface area (Å²) in [5, 5.41) is 0. The Kier molecular flexibility index (Phi) is 5.43. The van der Waals surface area contributed by atoms with E-state index in [1.165, 1.54) is 29.2 Å². The third kappa shape index (κ3) is 5.07. The van der Waals surface area contributed by atoms with E-state index in [2.05, 4.69) is 0 Å². The largest absolute Gasteiger partial charge is 0.457 e. The summed E-state index contributed by atoms with van der Waals surface area (Å²) in [6, 6.07) is 11.1. The van der Waals surface area contributed by atoms with Gasteiger partial charge in [0.15, 0.2) is 9.84 Å². The van der Waals surface area contributed by atoms with Crippen LogP contribution in [0.2, 0.25) is 0 Å². The highest BCUT2D eigenvalue weighted by molar-refractivity contribution is 7.91. The van der Waals surface area contributed by atoms with Crippen molar-refractivity contribution in [2.24, 2.45) is 0 Å². The number of benzene rings is 2. The average molecular weight is 409 g/mol. The van der Waals surface area contributed by atoms with Gasteiger partial charge in [-0.1, -0.05) is 6.07 Å². The molecule has 0 aliphatic carbocycles.